The quantitative estimate of drug-likeness (QED) is 0.928. The molecule has 0 saturated heterocycles. The van der Waals surface area contributed by atoms with E-state index in [1.54, 1.807) is 17.6 Å². The second-order valence-corrected chi connectivity index (χ2v) is 6.70. The Morgan fingerprint density at radius 1 is 1.24 bits per heavy atom. The van der Waals surface area contributed by atoms with Gasteiger partial charge in [-0.1, -0.05) is 12.8 Å². The largest absolute Gasteiger partial charge is 0.469 e. The predicted molar refractivity (Wildman–Crippen MR) is 84.9 cm³/mol. The van der Waals surface area contributed by atoms with Crippen LogP contribution in [0.2, 0.25) is 0 Å². The molecular weight excluding hydrogens is 282 g/mol. The molecule has 0 aromatic carbocycles. The monoisotopic (exact) mass is 303 g/mol. The minimum Gasteiger partial charge on any atom is -0.469 e. The fraction of sp³-hybridized carbons (Fsp3) is 0.471. The number of carbonyl (C=O) groups is 1. The molecule has 4 heteroatoms. The summed E-state index contributed by atoms with van der Waals surface area (Å²) in [6, 6.07) is 5.91. The summed E-state index contributed by atoms with van der Waals surface area (Å²) >= 11 is 1.68. The molecule has 2 aromatic rings. The molecule has 1 aliphatic rings. The number of thiophene rings is 1. The van der Waals surface area contributed by atoms with Crippen molar-refractivity contribution in [2.45, 2.75) is 44.9 Å². The van der Waals surface area contributed by atoms with Crippen molar-refractivity contribution in [3.63, 3.8) is 0 Å². The molecule has 0 bridgehead atoms. The highest BCUT2D eigenvalue weighted by Gasteiger charge is 2.15. The van der Waals surface area contributed by atoms with Crippen LogP contribution in [-0.2, 0) is 19.3 Å². The minimum atomic E-state index is 0.0540. The van der Waals surface area contributed by atoms with Crippen molar-refractivity contribution in [2.75, 3.05) is 6.54 Å². The van der Waals surface area contributed by atoms with Crippen LogP contribution < -0.4 is 5.32 Å². The first-order chi connectivity index (χ1) is 10.3. The number of aryl methyl sites for hydroxylation is 2. The van der Waals surface area contributed by atoms with E-state index in [4.69, 9.17) is 4.42 Å². The Morgan fingerprint density at radius 2 is 2.10 bits per heavy atom. The predicted octanol–water partition coefficient (Wildman–Crippen LogP) is 3.97. The van der Waals surface area contributed by atoms with E-state index in [-0.39, 0.29) is 5.91 Å². The molecule has 0 atom stereocenters. The molecule has 1 amide bonds. The summed E-state index contributed by atoms with van der Waals surface area (Å²) in [5.74, 6) is 0.965. The molecule has 0 fully saturated rings. The Hall–Kier alpha value is -1.55. The highest BCUT2D eigenvalue weighted by Crippen LogP contribution is 2.28. The molecule has 3 rings (SSSR count). The second kappa shape index (κ2) is 6.94. The standard InChI is InChI=1S/C17H21NO2S/c19-17(18-10-9-14-7-5-11-20-14)16-12-13-6-3-1-2-4-8-15(13)21-16/h5,7,11-12H,1-4,6,8-10H2,(H,18,19). The molecular formula is C17H21NO2S. The summed E-state index contributed by atoms with van der Waals surface area (Å²) in [6.07, 6.45) is 9.82. The fourth-order valence-corrected chi connectivity index (χ4v) is 3.97. The number of fused-ring (bicyclic) bond motifs is 1. The van der Waals surface area contributed by atoms with E-state index < -0.39 is 0 Å². The van der Waals surface area contributed by atoms with Crippen molar-refractivity contribution < 1.29 is 9.21 Å². The van der Waals surface area contributed by atoms with E-state index >= 15 is 0 Å². The van der Waals surface area contributed by atoms with Crippen molar-refractivity contribution in [3.8, 4) is 0 Å². The topological polar surface area (TPSA) is 42.2 Å². The van der Waals surface area contributed by atoms with Crippen LogP contribution in [0, 0.1) is 0 Å². The van der Waals surface area contributed by atoms with Gasteiger partial charge >= 0.3 is 0 Å². The van der Waals surface area contributed by atoms with Crippen molar-refractivity contribution in [1.29, 1.82) is 0 Å². The van der Waals surface area contributed by atoms with Crippen LogP contribution in [0.15, 0.2) is 28.9 Å². The van der Waals surface area contributed by atoms with E-state index in [1.807, 2.05) is 12.1 Å². The van der Waals surface area contributed by atoms with Crippen LogP contribution in [0.5, 0.6) is 0 Å². The van der Waals surface area contributed by atoms with Gasteiger partial charge in [-0.2, -0.15) is 0 Å². The van der Waals surface area contributed by atoms with Gasteiger partial charge in [0.2, 0.25) is 0 Å². The van der Waals surface area contributed by atoms with Crippen molar-refractivity contribution >= 4 is 17.2 Å². The van der Waals surface area contributed by atoms with Gasteiger partial charge in [-0.3, -0.25) is 4.79 Å². The number of hydrogen-bond acceptors (Lipinski definition) is 3. The smallest absolute Gasteiger partial charge is 0.261 e. The summed E-state index contributed by atoms with van der Waals surface area (Å²) in [4.78, 5) is 14.5. The van der Waals surface area contributed by atoms with Gasteiger partial charge in [0.25, 0.3) is 5.91 Å². The van der Waals surface area contributed by atoms with Crippen LogP contribution in [0.1, 0.15) is 51.6 Å². The molecule has 2 aromatic heterocycles. The lowest BCUT2D eigenvalue weighted by Gasteiger charge is -2.07. The fourth-order valence-electron chi connectivity index (χ4n) is 2.80. The number of amides is 1. The SMILES string of the molecule is O=C(NCCc1ccco1)c1cc2c(s1)CCCCCC2. The first-order valence-electron chi connectivity index (χ1n) is 7.75. The molecule has 1 N–H and O–H groups in total. The molecule has 0 spiro atoms. The van der Waals surface area contributed by atoms with Crippen LogP contribution in [0.4, 0.5) is 0 Å². The zero-order valence-corrected chi connectivity index (χ0v) is 13.0. The van der Waals surface area contributed by atoms with Crippen molar-refractivity contribution in [2.24, 2.45) is 0 Å². The first-order valence-corrected chi connectivity index (χ1v) is 8.57. The highest BCUT2D eigenvalue weighted by atomic mass is 32.1. The Kier molecular flexibility index (Phi) is 4.76. The number of hydrogen-bond donors (Lipinski definition) is 1. The maximum Gasteiger partial charge on any atom is 0.261 e. The normalized spacial score (nSPS) is 15.0. The van der Waals surface area contributed by atoms with E-state index in [0.29, 0.717) is 6.54 Å². The highest BCUT2D eigenvalue weighted by molar-refractivity contribution is 7.14. The Balaban J connectivity index is 1.58. The molecule has 0 radical (unpaired) electrons. The number of carbonyl (C=O) groups excluding carboxylic acids is 1. The lowest BCUT2D eigenvalue weighted by Crippen LogP contribution is -2.24. The molecule has 112 valence electrons. The lowest BCUT2D eigenvalue weighted by atomic mass is 10.00. The van der Waals surface area contributed by atoms with E-state index in [9.17, 15) is 4.79 Å². The molecule has 0 aliphatic heterocycles. The molecule has 1 aliphatic carbocycles. The average Bonchev–Trinajstić information content (AvgIpc) is 3.09. The Morgan fingerprint density at radius 3 is 2.90 bits per heavy atom. The third kappa shape index (κ3) is 3.76. The van der Waals surface area contributed by atoms with Crippen LogP contribution in [0.3, 0.4) is 0 Å². The molecule has 2 heterocycles. The number of nitrogens with one attached hydrogen (secondary N) is 1. The Bertz CT molecular complexity index is 560. The number of furan rings is 1. The van der Waals surface area contributed by atoms with Gasteiger partial charge in [-0.05, 0) is 49.4 Å². The number of rotatable bonds is 4. The molecule has 3 nitrogen and oxygen atoms in total. The summed E-state index contributed by atoms with van der Waals surface area (Å²) in [6.45, 7) is 0.620. The van der Waals surface area contributed by atoms with E-state index in [0.717, 1.165) is 29.9 Å². The minimum absolute atomic E-state index is 0.0540. The van der Waals surface area contributed by atoms with Gasteiger partial charge in [0.05, 0.1) is 11.1 Å². The summed E-state index contributed by atoms with van der Waals surface area (Å²) in [5, 5.41) is 2.99. The lowest BCUT2D eigenvalue weighted by molar-refractivity contribution is 0.0957. The summed E-state index contributed by atoms with van der Waals surface area (Å²) < 4.78 is 5.27. The van der Waals surface area contributed by atoms with Gasteiger partial charge in [0, 0.05) is 17.8 Å². The zero-order valence-electron chi connectivity index (χ0n) is 12.2. The third-order valence-corrected chi connectivity index (χ3v) is 5.19. The van der Waals surface area contributed by atoms with Crippen LogP contribution in [-0.4, -0.2) is 12.5 Å². The van der Waals surface area contributed by atoms with Gasteiger partial charge < -0.3 is 9.73 Å². The van der Waals surface area contributed by atoms with Crippen LogP contribution in [0.25, 0.3) is 0 Å². The Labute approximate surface area is 129 Å². The van der Waals surface area contributed by atoms with Crippen LogP contribution >= 0.6 is 11.3 Å². The van der Waals surface area contributed by atoms with E-state index in [1.165, 1.54) is 36.1 Å². The third-order valence-electron chi connectivity index (χ3n) is 3.96. The molecule has 0 unspecified atom stereocenters. The average molecular weight is 303 g/mol. The summed E-state index contributed by atoms with van der Waals surface area (Å²) in [5.41, 5.74) is 1.40. The summed E-state index contributed by atoms with van der Waals surface area (Å²) in [7, 11) is 0. The zero-order chi connectivity index (χ0) is 14.5. The van der Waals surface area contributed by atoms with Gasteiger partial charge in [-0.25, -0.2) is 0 Å². The van der Waals surface area contributed by atoms with Gasteiger partial charge in [0.15, 0.2) is 0 Å². The van der Waals surface area contributed by atoms with Crippen molar-refractivity contribution in [3.05, 3.63) is 45.5 Å². The van der Waals surface area contributed by atoms with E-state index in [2.05, 4.69) is 11.4 Å². The van der Waals surface area contributed by atoms with Gasteiger partial charge in [0.1, 0.15) is 5.76 Å². The maximum absolute atomic E-state index is 12.2. The van der Waals surface area contributed by atoms with Crippen molar-refractivity contribution in [1.82, 2.24) is 5.32 Å². The molecule has 0 saturated carbocycles. The molecule has 21 heavy (non-hydrogen) atoms. The first kappa shape index (κ1) is 14.4. The maximum atomic E-state index is 12.2. The van der Waals surface area contributed by atoms with Gasteiger partial charge in [-0.15, -0.1) is 11.3 Å². The second-order valence-electron chi connectivity index (χ2n) is 5.56.